The smallest absolute Gasteiger partial charge is 0.353 e. The molecule has 0 saturated carbocycles. The molecule has 0 amide bonds. The highest BCUT2D eigenvalue weighted by Crippen LogP contribution is 2.33. The zero-order valence-electron chi connectivity index (χ0n) is 12.2. The molecule has 9 heteroatoms. The fourth-order valence-electron chi connectivity index (χ4n) is 2.71. The summed E-state index contributed by atoms with van der Waals surface area (Å²) in [4.78, 5) is 8.75. The van der Waals surface area contributed by atoms with Crippen LogP contribution in [0.1, 0.15) is 18.9 Å². The van der Waals surface area contributed by atoms with Crippen molar-refractivity contribution in [3.8, 4) is 0 Å². The molecule has 1 saturated heterocycles. The van der Waals surface area contributed by atoms with E-state index in [9.17, 15) is 22.0 Å². The first-order valence-corrected chi connectivity index (χ1v) is 6.80. The Morgan fingerprint density at radius 1 is 1.32 bits per heavy atom. The van der Waals surface area contributed by atoms with Crippen LogP contribution in [0.2, 0.25) is 0 Å². The second-order valence-corrected chi connectivity index (χ2v) is 5.69. The molecule has 2 rings (SSSR count). The van der Waals surface area contributed by atoms with Gasteiger partial charge in [-0.2, -0.15) is 13.2 Å². The molecule has 2 atom stereocenters. The maximum atomic E-state index is 13.4. The van der Waals surface area contributed by atoms with Gasteiger partial charge in [0, 0.05) is 31.4 Å². The minimum Gasteiger partial charge on any atom is -0.353 e. The summed E-state index contributed by atoms with van der Waals surface area (Å²) >= 11 is 0. The van der Waals surface area contributed by atoms with Crippen LogP contribution < -0.4 is 5.32 Å². The van der Waals surface area contributed by atoms with Crippen LogP contribution in [0.5, 0.6) is 0 Å². The molecule has 2 unspecified atom stereocenters. The molecule has 1 aromatic heterocycles. The molecule has 22 heavy (non-hydrogen) atoms. The number of piperidine rings is 1. The lowest BCUT2D eigenvalue weighted by Gasteiger charge is -2.41. The van der Waals surface area contributed by atoms with Crippen LogP contribution >= 0.6 is 0 Å². The molecule has 1 aromatic rings. The predicted molar refractivity (Wildman–Crippen MR) is 70.7 cm³/mol. The molecule has 0 aromatic carbocycles. The Morgan fingerprint density at radius 2 is 1.91 bits per heavy atom. The van der Waals surface area contributed by atoms with Crippen LogP contribution in [0.15, 0.2) is 12.4 Å². The number of nitrogens with one attached hydrogen (secondary N) is 1. The third kappa shape index (κ3) is 4.02. The number of likely N-dealkylation sites (tertiary alicyclic amines) is 1. The quantitative estimate of drug-likeness (QED) is 0.868. The van der Waals surface area contributed by atoms with Crippen LogP contribution in [-0.2, 0) is 6.18 Å². The van der Waals surface area contributed by atoms with Crippen molar-refractivity contribution >= 4 is 5.95 Å². The molecule has 0 bridgehead atoms. The van der Waals surface area contributed by atoms with Crippen molar-refractivity contribution in [1.82, 2.24) is 14.9 Å². The minimum atomic E-state index is -4.48. The Labute approximate surface area is 124 Å². The molecule has 1 aliphatic heterocycles. The largest absolute Gasteiger partial charge is 0.419 e. The third-order valence-corrected chi connectivity index (χ3v) is 3.77. The van der Waals surface area contributed by atoms with Gasteiger partial charge in [-0.05, 0) is 13.0 Å². The van der Waals surface area contributed by atoms with E-state index in [0.717, 1.165) is 0 Å². The summed E-state index contributed by atoms with van der Waals surface area (Å²) in [5.41, 5.74) is -0.930. The van der Waals surface area contributed by atoms with Crippen molar-refractivity contribution in [1.29, 1.82) is 0 Å². The molecule has 0 aliphatic carbocycles. The first-order chi connectivity index (χ1) is 10.1. The van der Waals surface area contributed by atoms with Crippen molar-refractivity contribution in [2.24, 2.45) is 5.92 Å². The Hall–Kier alpha value is -1.51. The SMILES string of the molecule is CC1CC(F)(F)CN(C)C1CNc1ncc(C(F)(F)F)cn1. The summed E-state index contributed by atoms with van der Waals surface area (Å²) in [5, 5.41) is 2.81. The average Bonchev–Trinajstić information content (AvgIpc) is 2.35. The van der Waals surface area contributed by atoms with Crippen molar-refractivity contribution in [3.63, 3.8) is 0 Å². The first-order valence-electron chi connectivity index (χ1n) is 6.80. The number of halogens is 5. The molecule has 4 nitrogen and oxygen atoms in total. The van der Waals surface area contributed by atoms with Crippen LogP contribution in [0, 0.1) is 5.92 Å². The van der Waals surface area contributed by atoms with Gasteiger partial charge in [-0.15, -0.1) is 0 Å². The summed E-state index contributed by atoms with van der Waals surface area (Å²) in [7, 11) is 1.60. The number of nitrogens with zero attached hydrogens (tertiary/aromatic N) is 3. The van der Waals surface area contributed by atoms with Gasteiger partial charge in [0.2, 0.25) is 5.95 Å². The standard InChI is InChI=1S/C13H17F5N4/c1-8-3-12(14,15)7-22(2)10(8)6-21-11-19-4-9(5-20-11)13(16,17)18/h4-5,8,10H,3,6-7H2,1-2H3,(H,19,20,21). The first kappa shape index (κ1) is 16.9. The van der Waals surface area contributed by atoms with E-state index in [-0.39, 0.29) is 30.9 Å². The van der Waals surface area contributed by atoms with E-state index in [1.807, 2.05) is 0 Å². The number of hydrogen-bond donors (Lipinski definition) is 1. The van der Waals surface area contributed by atoms with E-state index < -0.39 is 17.7 Å². The van der Waals surface area contributed by atoms with Crippen molar-refractivity contribution in [3.05, 3.63) is 18.0 Å². The van der Waals surface area contributed by atoms with Gasteiger partial charge in [-0.1, -0.05) is 6.92 Å². The molecular formula is C13H17F5N4. The van der Waals surface area contributed by atoms with E-state index in [1.165, 1.54) is 0 Å². The molecule has 0 spiro atoms. The Bertz CT molecular complexity index is 488. The summed E-state index contributed by atoms with van der Waals surface area (Å²) in [5.74, 6) is -2.92. The maximum absolute atomic E-state index is 13.4. The van der Waals surface area contributed by atoms with Crippen LogP contribution in [0.4, 0.5) is 27.9 Å². The van der Waals surface area contributed by atoms with E-state index in [1.54, 1.807) is 18.9 Å². The summed E-state index contributed by atoms with van der Waals surface area (Å²) in [6.07, 6.45) is -3.31. The highest BCUT2D eigenvalue weighted by molar-refractivity contribution is 5.26. The molecular weight excluding hydrogens is 307 g/mol. The second kappa shape index (κ2) is 5.94. The number of alkyl halides is 5. The Kier molecular flexibility index (Phi) is 4.55. The molecule has 2 heterocycles. The zero-order valence-corrected chi connectivity index (χ0v) is 12.2. The monoisotopic (exact) mass is 324 g/mol. The van der Waals surface area contributed by atoms with Crippen molar-refractivity contribution in [2.45, 2.75) is 31.5 Å². The molecule has 0 radical (unpaired) electrons. The lowest BCUT2D eigenvalue weighted by atomic mass is 9.89. The fourth-order valence-corrected chi connectivity index (χ4v) is 2.71. The van der Waals surface area contributed by atoms with Gasteiger partial charge in [0.25, 0.3) is 5.92 Å². The molecule has 124 valence electrons. The van der Waals surface area contributed by atoms with E-state index in [0.29, 0.717) is 18.9 Å². The second-order valence-electron chi connectivity index (χ2n) is 5.69. The van der Waals surface area contributed by atoms with Crippen molar-refractivity contribution in [2.75, 3.05) is 25.5 Å². The van der Waals surface area contributed by atoms with Crippen LogP contribution in [-0.4, -0.2) is 47.0 Å². The van der Waals surface area contributed by atoms with Gasteiger partial charge in [0.05, 0.1) is 12.1 Å². The normalized spacial score (nSPS) is 26.0. The lowest BCUT2D eigenvalue weighted by Crippen LogP contribution is -2.53. The van der Waals surface area contributed by atoms with E-state index in [4.69, 9.17) is 0 Å². The topological polar surface area (TPSA) is 41.0 Å². The lowest BCUT2D eigenvalue weighted by molar-refractivity contribution is -0.138. The molecule has 1 aliphatic rings. The van der Waals surface area contributed by atoms with Gasteiger partial charge in [0.15, 0.2) is 0 Å². The minimum absolute atomic E-state index is 0.0472. The van der Waals surface area contributed by atoms with E-state index >= 15 is 0 Å². The van der Waals surface area contributed by atoms with Gasteiger partial charge in [-0.25, -0.2) is 18.7 Å². The fraction of sp³-hybridized carbons (Fsp3) is 0.692. The maximum Gasteiger partial charge on any atom is 0.419 e. The molecule has 1 N–H and O–H groups in total. The summed E-state index contributed by atoms with van der Waals surface area (Å²) in [6.45, 7) is 1.68. The molecule has 1 fully saturated rings. The van der Waals surface area contributed by atoms with Gasteiger partial charge < -0.3 is 5.32 Å². The average molecular weight is 324 g/mol. The zero-order chi connectivity index (χ0) is 16.5. The van der Waals surface area contributed by atoms with Crippen LogP contribution in [0.3, 0.4) is 0 Å². The Morgan fingerprint density at radius 3 is 2.41 bits per heavy atom. The highest BCUT2D eigenvalue weighted by Gasteiger charge is 2.42. The van der Waals surface area contributed by atoms with E-state index in [2.05, 4.69) is 15.3 Å². The van der Waals surface area contributed by atoms with Gasteiger partial charge in [0.1, 0.15) is 0 Å². The Balaban J connectivity index is 1.95. The van der Waals surface area contributed by atoms with Gasteiger partial charge >= 0.3 is 6.18 Å². The van der Waals surface area contributed by atoms with Crippen LogP contribution in [0.25, 0.3) is 0 Å². The summed E-state index contributed by atoms with van der Waals surface area (Å²) in [6, 6.07) is -0.162. The number of likely N-dealkylation sites (N-methyl/N-ethyl adjacent to an activating group) is 1. The number of aromatic nitrogens is 2. The predicted octanol–water partition coefficient (Wildman–Crippen LogP) is 2.88. The number of hydrogen-bond acceptors (Lipinski definition) is 4. The number of anilines is 1. The highest BCUT2D eigenvalue weighted by atomic mass is 19.4. The summed E-state index contributed by atoms with van der Waals surface area (Å²) < 4.78 is 64.0. The third-order valence-electron chi connectivity index (χ3n) is 3.77. The van der Waals surface area contributed by atoms with Crippen molar-refractivity contribution < 1.29 is 22.0 Å². The van der Waals surface area contributed by atoms with Gasteiger partial charge in [-0.3, -0.25) is 4.90 Å². The number of rotatable bonds is 3.